The second-order valence-electron chi connectivity index (χ2n) is 14.4. The number of nitrogens with one attached hydrogen (secondary N) is 2. The molecule has 63 heavy (non-hydrogen) atoms. The highest BCUT2D eigenvalue weighted by atomic mass is 16.5. The Labute approximate surface area is 364 Å². The van der Waals surface area contributed by atoms with E-state index in [1.807, 2.05) is 83.1 Å². The zero-order valence-corrected chi connectivity index (χ0v) is 36.1. The van der Waals surface area contributed by atoms with Crippen LogP contribution < -0.4 is 27.6 Å². The number of pyridine rings is 4. The molecule has 0 saturated carbocycles. The van der Waals surface area contributed by atoms with Crippen molar-refractivity contribution in [3.05, 3.63) is 122 Å². The van der Waals surface area contributed by atoms with Crippen LogP contribution in [0.3, 0.4) is 0 Å². The number of hydroxylamine groups is 1. The van der Waals surface area contributed by atoms with Gasteiger partial charge in [0.25, 0.3) is 23.0 Å². The van der Waals surface area contributed by atoms with Gasteiger partial charge < -0.3 is 39.3 Å². The molecule has 5 aromatic heterocycles. The number of rotatable bonds is 9. The van der Waals surface area contributed by atoms with Gasteiger partial charge in [-0.15, -0.1) is 0 Å². The average Bonchev–Trinajstić information content (AvgIpc) is 3.73. The van der Waals surface area contributed by atoms with E-state index in [1.165, 1.54) is 14.0 Å². The Balaban J connectivity index is 0.000000240. The number of benzene rings is 2. The summed E-state index contributed by atoms with van der Waals surface area (Å²) in [5, 5.41) is 25.7. The van der Waals surface area contributed by atoms with E-state index in [9.17, 15) is 14.4 Å². The average molecular weight is 863 g/mol. The molecular weight excluding hydrogens is 809 g/mol. The van der Waals surface area contributed by atoms with E-state index in [0.717, 1.165) is 61.1 Å². The predicted octanol–water partition coefficient (Wildman–Crippen LogP) is 6.94. The molecule has 0 fully saturated rings. The SMILES string of the molecule is C.CO[C@@H](C)C(=O)O.CO[C@@H](C)c1nc(Nc2ccc(C)c(-c3cc4cnc(C)cc4n(C)c3=O)c2)no1.Cc1cc2c(cn1)cc(-c1cc(N=C(N)NO)ccc1C)c(=O)n2C. The van der Waals surface area contributed by atoms with Crippen LogP contribution in [0.15, 0.2) is 92.2 Å². The minimum Gasteiger partial charge on any atom is -0.479 e. The topological polar surface area (TPSA) is 247 Å². The van der Waals surface area contributed by atoms with Crippen LogP contribution in [-0.2, 0) is 28.4 Å². The molecule has 18 heteroatoms. The number of nitrogens with zero attached hydrogens (tertiary/aromatic N) is 7. The molecule has 0 aliphatic carbocycles. The number of anilines is 2. The summed E-state index contributed by atoms with van der Waals surface area (Å²) in [7, 11) is 6.47. The zero-order chi connectivity index (χ0) is 45.4. The van der Waals surface area contributed by atoms with Gasteiger partial charge in [0.1, 0.15) is 6.10 Å². The van der Waals surface area contributed by atoms with Crippen LogP contribution >= 0.6 is 0 Å². The van der Waals surface area contributed by atoms with Gasteiger partial charge in [-0.1, -0.05) is 19.6 Å². The van der Waals surface area contributed by atoms with E-state index in [2.05, 4.69) is 35.2 Å². The summed E-state index contributed by atoms with van der Waals surface area (Å²) in [5.74, 6) is -0.336. The minimum absolute atomic E-state index is 0. The fourth-order valence-electron chi connectivity index (χ4n) is 6.22. The van der Waals surface area contributed by atoms with Crippen molar-refractivity contribution in [1.29, 1.82) is 0 Å². The number of aliphatic imine (C=N–C) groups is 1. The molecule has 332 valence electrons. The quantitative estimate of drug-likeness (QED) is 0.0561. The van der Waals surface area contributed by atoms with Crippen LogP contribution in [0.25, 0.3) is 44.1 Å². The summed E-state index contributed by atoms with van der Waals surface area (Å²) in [5.41, 5.74) is 16.5. The lowest BCUT2D eigenvalue weighted by Crippen LogP contribution is -2.27. The molecule has 5 heterocycles. The van der Waals surface area contributed by atoms with Gasteiger partial charge in [0.2, 0.25) is 5.96 Å². The molecule has 0 radical (unpaired) electrons. The van der Waals surface area contributed by atoms with Crippen molar-refractivity contribution in [3.63, 3.8) is 0 Å². The normalized spacial score (nSPS) is 12.0. The van der Waals surface area contributed by atoms with E-state index in [0.29, 0.717) is 28.7 Å². The third-order valence-corrected chi connectivity index (χ3v) is 9.99. The van der Waals surface area contributed by atoms with Gasteiger partial charge in [-0.3, -0.25) is 24.8 Å². The minimum atomic E-state index is -0.928. The highest BCUT2D eigenvalue weighted by Crippen LogP contribution is 2.30. The second kappa shape index (κ2) is 21.0. The Morgan fingerprint density at radius 2 is 1.32 bits per heavy atom. The first-order valence-electron chi connectivity index (χ1n) is 19.2. The summed E-state index contributed by atoms with van der Waals surface area (Å²) < 4.78 is 18.1. The fourth-order valence-corrected chi connectivity index (χ4v) is 6.22. The maximum absolute atomic E-state index is 13.1. The Kier molecular flexibility index (Phi) is 16.1. The first-order valence-corrected chi connectivity index (χ1v) is 19.2. The van der Waals surface area contributed by atoms with Gasteiger partial charge >= 0.3 is 5.97 Å². The molecule has 2 aromatic carbocycles. The number of fused-ring (bicyclic) bond motifs is 2. The highest BCUT2D eigenvalue weighted by molar-refractivity contribution is 5.87. The van der Waals surface area contributed by atoms with Crippen molar-refractivity contribution in [1.82, 2.24) is 34.7 Å². The predicted molar refractivity (Wildman–Crippen MR) is 244 cm³/mol. The number of aryl methyl sites for hydroxylation is 6. The molecule has 7 rings (SSSR count). The van der Waals surface area contributed by atoms with Crippen molar-refractivity contribution in [3.8, 4) is 22.3 Å². The van der Waals surface area contributed by atoms with Gasteiger partial charge in [0.15, 0.2) is 6.10 Å². The molecular formula is C45H54N10O8. The van der Waals surface area contributed by atoms with Gasteiger partial charge in [-0.2, -0.15) is 4.98 Å². The number of guanidine groups is 1. The molecule has 0 unspecified atom stereocenters. The molecule has 2 atom stereocenters. The van der Waals surface area contributed by atoms with Crippen molar-refractivity contribution in [2.75, 3.05) is 19.5 Å². The summed E-state index contributed by atoms with van der Waals surface area (Å²) in [6.45, 7) is 11.0. The number of methoxy groups -OCH3 is 2. The summed E-state index contributed by atoms with van der Waals surface area (Å²) in [4.78, 5) is 52.8. The second-order valence-corrected chi connectivity index (χ2v) is 14.4. The standard InChI is InChI=1S/C22H23N5O3.C18H19N5O2.C4H8O3.CH4/c1-12-6-7-16(24-22-25-20(30-26-22)14(3)29-5)10-17(12)18-9-15-11-23-13(2)8-19(15)27(4)21(18)28;1-10-4-5-13(21-18(19)22-25)8-14(10)15-7-12-9-20-11(2)6-16(12)23(3)17(15)24;1-3(7-2)4(5)6;/h6-11,14H,1-5H3,(H,24,26);4-9,25H,1-3H3,(H3,19,21,22);3H,1-2H3,(H,5,6);1H4/t14-;;3-;/m0.0./s1. The molecule has 7 aromatic rings. The number of nitrogens with two attached hydrogens (primary N) is 1. The van der Waals surface area contributed by atoms with Gasteiger partial charge in [0, 0.05) is 79.7 Å². The molecule has 0 aliphatic heterocycles. The number of hydrogen-bond donors (Lipinski definition) is 5. The molecule has 0 aliphatic rings. The number of ether oxygens (including phenoxy) is 2. The number of aromatic nitrogens is 6. The smallest absolute Gasteiger partial charge is 0.332 e. The first-order chi connectivity index (χ1) is 29.4. The molecule has 0 saturated heterocycles. The van der Waals surface area contributed by atoms with E-state index >= 15 is 0 Å². The fraction of sp³-hybridized carbons (Fsp3) is 0.289. The zero-order valence-electron chi connectivity index (χ0n) is 36.1. The van der Waals surface area contributed by atoms with E-state index in [4.69, 9.17) is 25.3 Å². The lowest BCUT2D eigenvalue weighted by Gasteiger charge is -2.12. The lowest BCUT2D eigenvalue weighted by atomic mass is 9.99. The van der Waals surface area contributed by atoms with Gasteiger partial charge in [-0.25, -0.2) is 15.3 Å². The summed E-state index contributed by atoms with van der Waals surface area (Å²) in [6.07, 6.45) is 2.58. The van der Waals surface area contributed by atoms with Crippen LogP contribution in [0.1, 0.15) is 55.8 Å². The maximum Gasteiger partial charge on any atom is 0.332 e. The molecule has 18 nitrogen and oxygen atoms in total. The Morgan fingerprint density at radius 3 is 1.79 bits per heavy atom. The van der Waals surface area contributed by atoms with Crippen LogP contribution in [0.4, 0.5) is 17.3 Å². The maximum atomic E-state index is 13.1. The Bertz CT molecular complexity index is 2900. The lowest BCUT2D eigenvalue weighted by molar-refractivity contribution is -0.147. The molecule has 0 spiro atoms. The summed E-state index contributed by atoms with van der Waals surface area (Å²) >= 11 is 0. The molecule has 0 amide bonds. The Hall–Kier alpha value is -7.28. The summed E-state index contributed by atoms with van der Waals surface area (Å²) in [6, 6.07) is 18.7. The van der Waals surface area contributed by atoms with Gasteiger partial charge in [0.05, 0.1) is 16.7 Å². The van der Waals surface area contributed by atoms with Crippen molar-refractivity contribution >= 4 is 51.1 Å². The highest BCUT2D eigenvalue weighted by Gasteiger charge is 2.17. The number of carbonyl (C=O) groups is 1. The van der Waals surface area contributed by atoms with Crippen LogP contribution in [0, 0.1) is 27.7 Å². The van der Waals surface area contributed by atoms with Crippen LogP contribution in [0.2, 0.25) is 0 Å². The third kappa shape index (κ3) is 11.4. The van der Waals surface area contributed by atoms with Crippen molar-refractivity contribution < 1.29 is 29.1 Å². The number of carboxylic acid groups (broad SMARTS) is 1. The number of carboxylic acids is 1. The number of hydrogen-bond acceptors (Lipinski definition) is 13. The number of aliphatic carboxylic acids is 1. The van der Waals surface area contributed by atoms with Crippen LogP contribution in [0.5, 0.6) is 0 Å². The van der Waals surface area contributed by atoms with E-state index in [1.54, 1.807) is 60.3 Å². The van der Waals surface area contributed by atoms with Crippen molar-refractivity contribution in [2.45, 2.75) is 61.2 Å². The first kappa shape index (κ1) is 48.4. The van der Waals surface area contributed by atoms with Crippen LogP contribution in [-0.4, -0.2) is 71.8 Å². The largest absolute Gasteiger partial charge is 0.479 e. The molecule has 0 bridgehead atoms. The van der Waals surface area contributed by atoms with Gasteiger partial charge in [-0.05, 0) is 117 Å². The third-order valence-electron chi connectivity index (χ3n) is 9.99. The van der Waals surface area contributed by atoms with E-state index < -0.39 is 12.1 Å². The molecule has 6 N–H and O–H groups in total. The monoisotopic (exact) mass is 862 g/mol. The van der Waals surface area contributed by atoms with E-state index in [-0.39, 0.29) is 30.6 Å². The van der Waals surface area contributed by atoms with Crippen molar-refractivity contribution in [2.24, 2.45) is 24.8 Å². The Morgan fingerprint density at radius 1 is 0.794 bits per heavy atom.